The van der Waals surface area contributed by atoms with Gasteiger partial charge in [0.1, 0.15) is 5.82 Å². The number of carbonyl (C=O) groups excluding carboxylic acids is 1. The predicted molar refractivity (Wildman–Crippen MR) is 118 cm³/mol. The van der Waals surface area contributed by atoms with Gasteiger partial charge in [0.25, 0.3) is 5.91 Å². The van der Waals surface area contributed by atoms with E-state index < -0.39 is 0 Å². The molecule has 3 unspecified atom stereocenters. The van der Waals surface area contributed by atoms with E-state index in [9.17, 15) is 9.18 Å². The Hall–Kier alpha value is -3.35. The Morgan fingerprint density at radius 2 is 1.91 bits per heavy atom. The molecular formula is C25H25FN4O2. The van der Waals surface area contributed by atoms with Crippen LogP contribution >= 0.6 is 0 Å². The molecule has 0 aliphatic carbocycles. The molecule has 2 aliphatic rings. The Morgan fingerprint density at radius 3 is 2.69 bits per heavy atom. The van der Waals surface area contributed by atoms with Gasteiger partial charge in [-0.15, -0.1) is 0 Å². The summed E-state index contributed by atoms with van der Waals surface area (Å²) in [7, 11) is 0. The number of nitrogens with zero attached hydrogens (tertiary/aromatic N) is 4. The fourth-order valence-corrected chi connectivity index (χ4v) is 5.02. The Labute approximate surface area is 186 Å². The maximum absolute atomic E-state index is 13.8. The molecule has 32 heavy (non-hydrogen) atoms. The predicted octanol–water partition coefficient (Wildman–Crippen LogP) is 4.45. The van der Waals surface area contributed by atoms with Crippen LogP contribution in [0.25, 0.3) is 11.4 Å². The fourth-order valence-electron chi connectivity index (χ4n) is 5.02. The van der Waals surface area contributed by atoms with Crippen molar-refractivity contribution in [1.29, 1.82) is 0 Å². The monoisotopic (exact) mass is 432 g/mol. The Kier molecular flexibility index (Phi) is 5.55. The van der Waals surface area contributed by atoms with Gasteiger partial charge in [-0.25, -0.2) is 19.3 Å². The van der Waals surface area contributed by atoms with E-state index in [4.69, 9.17) is 4.74 Å². The lowest BCUT2D eigenvalue weighted by Gasteiger charge is -2.40. The molecule has 2 bridgehead atoms. The van der Waals surface area contributed by atoms with Gasteiger partial charge >= 0.3 is 0 Å². The molecule has 164 valence electrons. The van der Waals surface area contributed by atoms with Crippen molar-refractivity contribution in [3.8, 4) is 17.3 Å². The van der Waals surface area contributed by atoms with Gasteiger partial charge in [0.2, 0.25) is 5.88 Å². The molecule has 0 radical (unpaired) electrons. The summed E-state index contributed by atoms with van der Waals surface area (Å²) >= 11 is 0. The first kappa shape index (κ1) is 20.5. The van der Waals surface area contributed by atoms with Crippen LogP contribution in [-0.2, 0) is 0 Å². The molecule has 0 N–H and O–H groups in total. The Bertz CT molecular complexity index is 1110. The number of carbonyl (C=O) groups is 1. The molecule has 0 saturated carbocycles. The fraction of sp³-hybridized carbons (Fsp3) is 0.360. The number of piperidine rings is 1. The average Bonchev–Trinajstić information content (AvgIpc) is 3.13. The maximum atomic E-state index is 13.8. The molecule has 2 saturated heterocycles. The number of aryl methyl sites for hydroxylation is 1. The summed E-state index contributed by atoms with van der Waals surface area (Å²) in [4.78, 5) is 28.6. The third-order valence-electron chi connectivity index (χ3n) is 6.55. The minimum absolute atomic E-state index is 0.0354. The topological polar surface area (TPSA) is 68.2 Å². The highest BCUT2D eigenvalue weighted by Gasteiger charge is 2.45. The van der Waals surface area contributed by atoms with Gasteiger partial charge in [-0.3, -0.25) is 4.79 Å². The lowest BCUT2D eigenvalue weighted by atomic mass is 9.89. The van der Waals surface area contributed by atoms with E-state index in [1.807, 2.05) is 25.1 Å². The third kappa shape index (κ3) is 3.95. The number of benzene rings is 1. The van der Waals surface area contributed by atoms with Crippen LogP contribution in [0.3, 0.4) is 0 Å². The molecule has 2 aromatic heterocycles. The molecule has 1 amide bonds. The van der Waals surface area contributed by atoms with Crippen molar-refractivity contribution in [1.82, 2.24) is 19.9 Å². The summed E-state index contributed by atoms with van der Waals surface area (Å²) in [5.41, 5.74) is 2.43. The highest BCUT2D eigenvalue weighted by molar-refractivity contribution is 6.01. The van der Waals surface area contributed by atoms with Gasteiger partial charge in [-0.2, -0.15) is 0 Å². The Balaban J connectivity index is 1.39. The second-order valence-corrected chi connectivity index (χ2v) is 8.60. The lowest BCUT2D eigenvalue weighted by molar-refractivity contribution is 0.0403. The molecule has 1 aromatic carbocycles. The maximum Gasteiger partial charge on any atom is 0.255 e. The summed E-state index contributed by atoms with van der Waals surface area (Å²) in [5.74, 6) is 0.829. The highest BCUT2D eigenvalue weighted by atomic mass is 19.1. The zero-order valence-corrected chi connectivity index (χ0v) is 17.9. The normalized spacial score (nSPS) is 22.1. The second kappa shape index (κ2) is 8.65. The summed E-state index contributed by atoms with van der Waals surface area (Å²) in [6.07, 6.45) is 8.46. The number of rotatable bonds is 5. The molecule has 2 fully saturated rings. The van der Waals surface area contributed by atoms with Gasteiger partial charge in [-0.05, 0) is 50.8 Å². The van der Waals surface area contributed by atoms with Gasteiger partial charge < -0.3 is 9.64 Å². The number of hydrogen-bond donors (Lipinski definition) is 0. The highest BCUT2D eigenvalue weighted by Crippen LogP contribution is 2.41. The second-order valence-electron chi connectivity index (χ2n) is 8.60. The summed E-state index contributed by atoms with van der Waals surface area (Å²) in [6, 6.07) is 10.9. The van der Waals surface area contributed by atoms with E-state index in [1.54, 1.807) is 18.5 Å². The van der Waals surface area contributed by atoms with Crippen LogP contribution in [0.5, 0.6) is 5.88 Å². The van der Waals surface area contributed by atoms with Crippen LogP contribution in [0.2, 0.25) is 0 Å². The van der Waals surface area contributed by atoms with Crippen LogP contribution in [0, 0.1) is 18.7 Å². The minimum Gasteiger partial charge on any atom is -0.477 e. The summed E-state index contributed by atoms with van der Waals surface area (Å²) in [5, 5.41) is 0. The van der Waals surface area contributed by atoms with E-state index in [0.29, 0.717) is 23.9 Å². The minimum atomic E-state index is -0.387. The van der Waals surface area contributed by atoms with E-state index in [1.165, 1.54) is 12.1 Å². The smallest absolute Gasteiger partial charge is 0.255 e. The molecule has 5 rings (SSSR count). The number of fused-ring (bicyclic) bond motifs is 2. The third-order valence-corrected chi connectivity index (χ3v) is 6.55. The van der Waals surface area contributed by atoms with E-state index in [2.05, 4.69) is 19.9 Å². The standard InChI is InChI=1S/C25H25FN4O2/c1-16-3-8-20(24-27-11-2-12-28-24)21(13-16)25(31)30-19-6-4-17(22(30)9-7-19)15-32-23-10-5-18(26)14-29-23/h2-3,5,8,10-14,17,19,22H,4,6-7,9,15H2,1H3. The van der Waals surface area contributed by atoms with Crippen molar-refractivity contribution in [2.75, 3.05) is 6.61 Å². The van der Waals surface area contributed by atoms with E-state index in [-0.39, 0.29) is 29.7 Å². The molecule has 7 heteroatoms. The molecule has 3 aromatic rings. The first-order chi connectivity index (χ1) is 15.6. The lowest BCUT2D eigenvalue weighted by Crippen LogP contribution is -2.49. The van der Waals surface area contributed by atoms with Crippen molar-refractivity contribution >= 4 is 5.91 Å². The number of hydrogen-bond acceptors (Lipinski definition) is 5. The summed E-state index contributed by atoms with van der Waals surface area (Å²) < 4.78 is 19.0. The van der Waals surface area contributed by atoms with Gasteiger partial charge in [0.05, 0.1) is 18.4 Å². The number of ether oxygens (including phenoxy) is 1. The van der Waals surface area contributed by atoms with Crippen molar-refractivity contribution < 1.29 is 13.9 Å². The van der Waals surface area contributed by atoms with Gasteiger partial charge in [0.15, 0.2) is 5.82 Å². The van der Waals surface area contributed by atoms with Crippen LogP contribution in [0.15, 0.2) is 55.0 Å². The van der Waals surface area contributed by atoms with Crippen LogP contribution in [-0.4, -0.2) is 44.4 Å². The van der Waals surface area contributed by atoms with Gasteiger partial charge in [0, 0.05) is 42.0 Å². The first-order valence-corrected chi connectivity index (χ1v) is 11.0. The number of aromatic nitrogens is 3. The van der Waals surface area contributed by atoms with Crippen LogP contribution < -0.4 is 4.74 Å². The number of amides is 1. The molecule has 4 heterocycles. The number of halogens is 1. The molecule has 0 spiro atoms. The summed E-state index contributed by atoms with van der Waals surface area (Å²) in [6.45, 7) is 2.45. The van der Waals surface area contributed by atoms with Gasteiger partial charge in [-0.1, -0.05) is 17.7 Å². The largest absolute Gasteiger partial charge is 0.477 e. The van der Waals surface area contributed by atoms with Crippen LogP contribution in [0.4, 0.5) is 4.39 Å². The number of pyridine rings is 1. The first-order valence-electron chi connectivity index (χ1n) is 11.0. The quantitative estimate of drug-likeness (QED) is 0.596. The van der Waals surface area contributed by atoms with E-state index >= 15 is 0 Å². The van der Waals surface area contributed by atoms with Crippen molar-refractivity contribution in [3.05, 3.63) is 71.9 Å². The zero-order chi connectivity index (χ0) is 22.1. The average molecular weight is 432 g/mol. The van der Waals surface area contributed by atoms with Crippen LogP contribution in [0.1, 0.15) is 41.6 Å². The van der Waals surface area contributed by atoms with Crippen molar-refractivity contribution in [2.24, 2.45) is 5.92 Å². The van der Waals surface area contributed by atoms with Crippen molar-refractivity contribution in [2.45, 2.75) is 44.7 Å². The van der Waals surface area contributed by atoms with Crippen molar-refractivity contribution in [3.63, 3.8) is 0 Å². The molecule has 3 atom stereocenters. The van der Waals surface area contributed by atoms with E-state index in [0.717, 1.165) is 43.0 Å². The molecule has 2 aliphatic heterocycles. The Morgan fingerprint density at radius 1 is 1.09 bits per heavy atom. The SMILES string of the molecule is Cc1ccc(-c2ncccn2)c(C(=O)N2C3CCC(COc4ccc(F)cn4)C2CC3)c1. The molecule has 6 nitrogen and oxygen atoms in total. The molecular weight excluding hydrogens is 407 g/mol. The zero-order valence-electron chi connectivity index (χ0n) is 17.9.